The van der Waals surface area contributed by atoms with Crippen LogP contribution in [-0.2, 0) is 36.8 Å². The molecule has 3 N–H and O–H groups in total. The highest BCUT2D eigenvalue weighted by Crippen LogP contribution is 2.34. The van der Waals surface area contributed by atoms with Crippen molar-refractivity contribution in [2.24, 2.45) is 11.8 Å². The van der Waals surface area contributed by atoms with Gasteiger partial charge in [0.2, 0.25) is 11.8 Å². The molecule has 2 aromatic rings. The first-order chi connectivity index (χ1) is 21.6. The van der Waals surface area contributed by atoms with Gasteiger partial charge in [-0.3, -0.25) is 24.1 Å². The van der Waals surface area contributed by atoms with Crippen LogP contribution in [0, 0.1) is 11.8 Å². The maximum atomic E-state index is 13.8. The lowest BCUT2D eigenvalue weighted by molar-refractivity contribution is -0.133. The van der Waals surface area contributed by atoms with E-state index >= 15 is 0 Å². The first-order valence-corrected chi connectivity index (χ1v) is 16.0. The van der Waals surface area contributed by atoms with E-state index in [0.29, 0.717) is 50.9 Å². The molecule has 3 unspecified atom stereocenters. The number of rotatable bonds is 16. The van der Waals surface area contributed by atoms with Gasteiger partial charge in [-0.05, 0) is 37.2 Å². The Hall–Kier alpha value is -3.61. The molecule has 4 atom stereocenters. The van der Waals surface area contributed by atoms with E-state index in [1.807, 2.05) is 44.2 Å². The van der Waals surface area contributed by atoms with Crippen molar-refractivity contribution in [2.75, 3.05) is 32.9 Å². The highest BCUT2D eigenvalue weighted by Gasteiger charge is 2.50. The summed E-state index contributed by atoms with van der Waals surface area (Å²) in [5.41, 5.74) is 0.0463. The molecule has 3 aliphatic rings. The maximum absolute atomic E-state index is 13.8. The van der Waals surface area contributed by atoms with Crippen molar-refractivity contribution in [3.63, 3.8) is 0 Å². The normalized spacial score (nSPS) is 21.9. The Kier molecular flexibility index (Phi) is 10.7. The summed E-state index contributed by atoms with van der Waals surface area (Å²) in [6, 6.07) is 8.37. The number of nitrogens with zero attached hydrogens (tertiary/aromatic N) is 2. The highest BCUT2D eigenvalue weighted by atomic mass is 16.6. The molecule has 244 valence electrons. The van der Waals surface area contributed by atoms with Crippen molar-refractivity contribution in [2.45, 2.75) is 83.1 Å². The highest BCUT2D eigenvalue weighted by molar-refractivity contribution is 5.99. The molecule has 1 saturated carbocycles. The zero-order chi connectivity index (χ0) is 32.0. The van der Waals surface area contributed by atoms with Gasteiger partial charge in [-0.25, -0.2) is 0 Å². The summed E-state index contributed by atoms with van der Waals surface area (Å²) in [6.45, 7) is 9.35. The van der Waals surface area contributed by atoms with Crippen LogP contribution in [0.15, 0.2) is 40.9 Å². The smallest absolute Gasteiger partial charge is 0.274 e. The predicted octanol–water partition coefficient (Wildman–Crippen LogP) is 2.02. The lowest BCUT2D eigenvalue weighted by atomic mass is 9.93. The third-order valence-corrected chi connectivity index (χ3v) is 8.52. The standard InChI is InChI=1S/C33H45N5O7/c1-21(2)15-25(29(39)33(3)20-44-33)34-30(40)26(16-22-7-5-4-6-8-22)35-31(41)27(17-23-9-10-23)36-32(42)28-18-24(45-37-28)19-38-11-13-43-14-12-38/h4-8,18,21,23,25-27H,9-17,19-20H2,1-3H3,(H,34,40)(H,35,41)(H,36,42)/t25?,26-,27?,33?/m0/s1. The number of aromatic nitrogens is 1. The Morgan fingerprint density at radius 1 is 0.978 bits per heavy atom. The van der Waals surface area contributed by atoms with E-state index in [9.17, 15) is 19.2 Å². The number of nitrogens with one attached hydrogen (secondary N) is 3. The van der Waals surface area contributed by atoms with Crippen molar-refractivity contribution in [3.05, 3.63) is 53.4 Å². The molecule has 12 heteroatoms. The molecule has 0 spiro atoms. The molecule has 3 fully saturated rings. The number of amides is 3. The zero-order valence-electron chi connectivity index (χ0n) is 26.4. The Labute approximate surface area is 263 Å². The first-order valence-electron chi connectivity index (χ1n) is 16.0. The Balaban J connectivity index is 1.27. The Morgan fingerprint density at radius 2 is 1.64 bits per heavy atom. The lowest BCUT2D eigenvalue weighted by Gasteiger charge is -2.26. The summed E-state index contributed by atoms with van der Waals surface area (Å²) in [4.78, 5) is 56.1. The van der Waals surface area contributed by atoms with Gasteiger partial charge in [0.05, 0.1) is 32.4 Å². The summed E-state index contributed by atoms with van der Waals surface area (Å²) >= 11 is 0. The number of Topliss-reactive ketones (excluding diaryl/α,β-unsaturated/α-hetero) is 1. The molecule has 12 nitrogen and oxygen atoms in total. The number of epoxide rings is 1. The van der Waals surface area contributed by atoms with Crippen LogP contribution >= 0.6 is 0 Å². The molecule has 1 aliphatic carbocycles. The minimum Gasteiger partial charge on any atom is -0.379 e. The fourth-order valence-electron chi connectivity index (χ4n) is 5.55. The van der Waals surface area contributed by atoms with E-state index in [1.54, 1.807) is 13.0 Å². The van der Waals surface area contributed by atoms with Crippen LogP contribution in [0.5, 0.6) is 0 Å². The molecular weight excluding hydrogens is 578 g/mol. The summed E-state index contributed by atoms with van der Waals surface area (Å²) < 4.78 is 16.2. The van der Waals surface area contributed by atoms with Gasteiger partial charge in [-0.15, -0.1) is 0 Å². The van der Waals surface area contributed by atoms with Gasteiger partial charge < -0.3 is 29.9 Å². The summed E-state index contributed by atoms with van der Waals surface area (Å²) in [5.74, 6) is -0.604. The average Bonchev–Trinajstić information content (AvgIpc) is 3.95. The summed E-state index contributed by atoms with van der Waals surface area (Å²) in [5, 5.41) is 12.6. The minimum atomic E-state index is -0.971. The third-order valence-electron chi connectivity index (χ3n) is 8.52. The van der Waals surface area contributed by atoms with Crippen molar-refractivity contribution in [1.29, 1.82) is 0 Å². The van der Waals surface area contributed by atoms with Crippen LogP contribution in [0.1, 0.15) is 68.3 Å². The molecule has 3 amide bonds. The maximum Gasteiger partial charge on any atom is 0.274 e. The number of hydrogen-bond acceptors (Lipinski definition) is 9. The predicted molar refractivity (Wildman–Crippen MR) is 164 cm³/mol. The molecule has 45 heavy (non-hydrogen) atoms. The molecular formula is C33H45N5O7. The fraction of sp³-hybridized carbons (Fsp3) is 0.606. The van der Waals surface area contributed by atoms with Crippen molar-refractivity contribution in [3.8, 4) is 0 Å². The quantitative estimate of drug-likeness (QED) is 0.238. The van der Waals surface area contributed by atoms with E-state index in [0.717, 1.165) is 31.5 Å². The van der Waals surface area contributed by atoms with E-state index < -0.39 is 41.4 Å². The van der Waals surface area contributed by atoms with Gasteiger partial charge in [-0.2, -0.15) is 0 Å². The average molecular weight is 624 g/mol. The number of hydrogen-bond donors (Lipinski definition) is 3. The van der Waals surface area contributed by atoms with Crippen molar-refractivity contribution >= 4 is 23.5 Å². The largest absolute Gasteiger partial charge is 0.379 e. The number of ketones is 1. The second-order valence-electron chi connectivity index (χ2n) is 13.1. The van der Waals surface area contributed by atoms with Gasteiger partial charge in [-0.1, -0.05) is 62.2 Å². The number of morpholine rings is 1. The van der Waals surface area contributed by atoms with Crippen LogP contribution in [0.2, 0.25) is 0 Å². The topological polar surface area (TPSA) is 155 Å². The number of benzene rings is 1. The van der Waals surface area contributed by atoms with Gasteiger partial charge in [0.15, 0.2) is 17.2 Å². The second kappa shape index (κ2) is 14.7. The Bertz CT molecular complexity index is 1330. The monoisotopic (exact) mass is 623 g/mol. The molecule has 0 radical (unpaired) electrons. The van der Waals surface area contributed by atoms with Gasteiger partial charge >= 0.3 is 0 Å². The molecule has 3 heterocycles. The second-order valence-corrected chi connectivity index (χ2v) is 13.1. The molecule has 2 saturated heterocycles. The van der Waals surface area contributed by atoms with Crippen LogP contribution in [0.25, 0.3) is 0 Å². The van der Waals surface area contributed by atoms with Gasteiger partial charge in [0, 0.05) is 25.6 Å². The summed E-state index contributed by atoms with van der Waals surface area (Å²) in [7, 11) is 0. The van der Waals surface area contributed by atoms with E-state index in [1.165, 1.54) is 0 Å². The third kappa shape index (κ3) is 9.44. The molecule has 2 aliphatic heterocycles. The number of carbonyl (C=O) groups is 4. The van der Waals surface area contributed by atoms with Gasteiger partial charge in [0.1, 0.15) is 17.7 Å². The van der Waals surface area contributed by atoms with Crippen molar-refractivity contribution < 1.29 is 33.2 Å². The molecule has 5 rings (SSSR count). The minimum absolute atomic E-state index is 0.0938. The molecule has 0 bridgehead atoms. The lowest BCUT2D eigenvalue weighted by Crippen LogP contribution is -2.57. The van der Waals surface area contributed by atoms with Gasteiger partial charge in [0.25, 0.3) is 5.91 Å². The SMILES string of the molecule is CC(C)CC(NC(=O)[C@H](Cc1ccccc1)NC(=O)C(CC1CC1)NC(=O)c1cc(CN2CCOCC2)on1)C(=O)C1(C)CO1. The van der Waals surface area contributed by atoms with Crippen molar-refractivity contribution in [1.82, 2.24) is 26.0 Å². The number of carbonyl (C=O) groups excluding carboxylic acids is 4. The van der Waals surface area contributed by atoms with Crippen LogP contribution < -0.4 is 16.0 Å². The number of ether oxygens (including phenoxy) is 2. The Morgan fingerprint density at radius 3 is 2.29 bits per heavy atom. The van der Waals surface area contributed by atoms with E-state index in [4.69, 9.17) is 14.0 Å². The van der Waals surface area contributed by atoms with E-state index in [2.05, 4.69) is 26.0 Å². The molecule has 1 aromatic carbocycles. The zero-order valence-corrected chi connectivity index (χ0v) is 26.4. The van der Waals surface area contributed by atoms with E-state index in [-0.39, 0.29) is 23.8 Å². The molecule has 1 aromatic heterocycles. The first kappa shape index (κ1) is 32.8. The van der Waals surface area contributed by atoms with Crippen LogP contribution in [0.4, 0.5) is 0 Å². The van der Waals surface area contributed by atoms with Crippen LogP contribution in [0.3, 0.4) is 0 Å². The summed E-state index contributed by atoms with van der Waals surface area (Å²) in [6.07, 6.45) is 3.05. The van der Waals surface area contributed by atoms with Crippen LogP contribution in [-0.4, -0.2) is 90.2 Å². The fourth-order valence-corrected chi connectivity index (χ4v) is 5.55.